The van der Waals surface area contributed by atoms with Crippen LogP contribution in [0.5, 0.6) is 0 Å². The topological polar surface area (TPSA) is 64.0 Å². The maximum absolute atomic E-state index is 11.5. The first kappa shape index (κ1) is 18.7. The molecule has 1 aromatic carbocycles. The lowest BCUT2D eigenvalue weighted by Crippen LogP contribution is -2.31. The zero-order chi connectivity index (χ0) is 18.1. The molecule has 2 aromatic rings. The predicted octanol–water partition coefficient (Wildman–Crippen LogP) is 2.72. The van der Waals surface area contributed by atoms with Gasteiger partial charge in [-0.3, -0.25) is 4.68 Å². The van der Waals surface area contributed by atoms with Crippen LogP contribution in [-0.2, 0) is 23.3 Å². The van der Waals surface area contributed by atoms with Crippen molar-refractivity contribution >= 4 is 9.84 Å². The zero-order valence-corrected chi connectivity index (χ0v) is 16.1. The molecule has 2 atom stereocenters. The first-order valence-corrected chi connectivity index (χ1v) is 10.0. The van der Waals surface area contributed by atoms with E-state index in [1.165, 1.54) is 17.5 Å². The van der Waals surface area contributed by atoms with Crippen LogP contribution in [0.2, 0.25) is 0 Å². The van der Waals surface area contributed by atoms with Gasteiger partial charge in [0.25, 0.3) is 0 Å². The van der Waals surface area contributed by atoms with Gasteiger partial charge in [0.05, 0.1) is 10.6 Å². The van der Waals surface area contributed by atoms with Crippen LogP contribution < -0.4 is 5.32 Å². The van der Waals surface area contributed by atoms with Crippen molar-refractivity contribution in [1.29, 1.82) is 0 Å². The largest absolute Gasteiger partial charge is 0.307 e. The molecule has 0 aliphatic heterocycles. The third-order valence-corrected chi connectivity index (χ3v) is 5.64. The Labute approximate surface area is 145 Å². The number of rotatable bonds is 6. The average Bonchev–Trinajstić information content (AvgIpc) is 2.73. The second-order valence-electron chi connectivity index (χ2n) is 6.61. The highest BCUT2D eigenvalue weighted by Crippen LogP contribution is 2.19. The molecular weight excluding hydrogens is 322 g/mol. The van der Waals surface area contributed by atoms with Crippen LogP contribution in [0.3, 0.4) is 0 Å². The Bertz CT molecular complexity index is 808. The van der Waals surface area contributed by atoms with Crippen molar-refractivity contribution in [2.45, 2.75) is 51.1 Å². The molecule has 5 nitrogen and oxygen atoms in total. The van der Waals surface area contributed by atoms with Gasteiger partial charge in [0, 0.05) is 31.1 Å². The van der Waals surface area contributed by atoms with Crippen LogP contribution >= 0.6 is 0 Å². The van der Waals surface area contributed by atoms with Crippen LogP contribution in [-0.4, -0.2) is 30.5 Å². The number of hydrogen-bond acceptors (Lipinski definition) is 4. The van der Waals surface area contributed by atoms with Crippen molar-refractivity contribution < 1.29 is 8.42 Å². The normalized spacial score (nSPS) is 14.6. The van der Waals surface area contributed by atoms with Gasteiger partial charge in [0.1, 0.15) is 0 Å². The summed E-state index contributed by atoms with van der Waals surface area (Å²) in [7, 11) is -1.18. The van der Waals surface area contributed by atoms with Gasteiger partial charge < -0.3 is 5.32 Å². The Morgan fingerprint density at radius 2 is 1.75 bits per heavy atom. The van der Waals surface area contributed by atoms with E-state index in [-0.39, 0.29) is 12.1 Å². The summed E-state index contributed by atoms with van der Waals surface area (Å²) in [6.45, 7) is 8.39. The van der Waals surface area contributed by atoms with E-state index in [4.69, 9.17) is 0 Å². The SMILES string of the molecule is Cc1nn(C)c(C)c1C[C@@H](C)N[C@@H](C)c1ccc(S(C)(=O)=O)cc1. The summed E-state index contributed by atoms with van der Waals surface area (Å²) in [6, 6.07) is 7.52. The highest BCUT2D eigenvalue weighted by molar-refractivity contribution is 7.90. The number of hydrogen-bond donors (Lipinski definition) is 1. The summed E-state index contributed by atoms with van der Waals surface area (Å²) in [5, 5.41) is 8.05. The summed E-state index contributed by atoms with van der Waals surface area (Å²) in [5.74, 6) is 0. The van der Waals surface area contributed by atoms with Crippen molar-refractivity contribution in [3.8, 4) is 0 Å². The van der Waals surface area contributed by atoms with E-state index in [1.807, 2.05) is 30.8 Å². The summed E-state index contributed by atoms with van der Waals surface area (Å²) in [5.41, 5.74) is 4.64. The standard InChI is InChI=1S/C18H27N3O2S/c1-12(11-18-14(3)20-21(5)15(18)4)19-13(2)16-7-9-17(10-8-16)24(6,22)23/h7-10,12-13,19H,11H2,1-6H3/t12-,13+/m1/s1. The average molecular weight is 350 g/mol. The molecule has 1 aromatic heterocycles. The van der Waals surface area contributed by atoms with E-state index in [2.05, 4.69) is 31.2 Å². The molecule has 0 fully saturated rings. The van der Waals surface area contributed by atoms with Gasteiger partial charge in [-0.15, -0.1) is 0 Å². The number of aryl methyl sites for hydroxylation is 2. The van der Waals surface area contributed by atoms with Gasteiger partial charge in [0.15, 0.2) is 9.84 Å². The van der Waals surface area contributed by atoms with Crippen molar-refractivity contribution in [1.82, 2.24) is 15.1 Å². The molecule has 1 N–H and O–H groups in total. The first-order valence-electron chi connectivity index (χ1n) is 8.14. The molecule has 0 unspecified atom stereocenters. The molecule has 1 heterocycles. The third-order valence-electron chi connectivity index (χ3n) is 4.51. The second-order valence-corrected chi connectivity index (χ2v) is 8.62. The van der Waals surface area contributed by atoms with Gasteiger partial charge in [-0.25, -0.2) is 8.42 Å². The highest BCUT2D eigenvalue weighted by Gasteiger charge is 2.16. The lowest BCUT2D eigenvalue weighted by Gasteiger charge is -2.21. The van der Waals surface area contributed by atoms with Gasteiger partial charge in [0.2, 0.25) is 0 Å². The minimum atomic E-state index is -3.15. The smallest absolute Gasteiger partial charge is 0.175 e. The molecule has 0 saturated heterocycles. The lowest BCUT2D eigenvalue weighted by molar-refractivity contribution is 0.475. The predicted molar refractivity (Wildman–Crippen MR) is 97.0 cm³/mol. The maximum Gasteiger partial charge on any atom is 0.175 e. The van der Waals surface area contributed by atoms with Crippen LogP contribution in [0, 0.1) is 13.8 Å². The molecule has 0 saturated carbocycles. The molecule has 0 aliphatic rings. The van der Waals surface area contributed by atoms with Crippen LogP contribution in [0.25, 0.3) is 0 Å². The zero-order valence-electron chi connectivity index (χ0n) is 15.3. The van der Waals surface area contributed by atoms with E-state index in [0.717, 1.165) is 17.7 Å². The third kappa shape index (κ3) is 4.24. The van der Waals surface area contributed by atoms with Crippen molar-refractivity contribution in [2.24, 2.45) is 7.05 Å². The molecule has 0 radical (unpaired) electrons. The monoisotopic (exact) mass is 349 g/mol. The maximum atomic E-state index is 11.5. The Morgan fingerprint density at radius 3 is 2.21 bits per heavy atom. The number of sulfone groups is 1. The molecule has 6 heteroatoms. The van der Waals surface area contributed by atoms with Crippen molar-refractivity contribution in [2.75, 3.05) is 6.26 Å². The van der Waals surface area contributed by atoms with E-state index in [1.54, 1.807) is 12.1 Å². The number of aromatic nitrogens is 2. The summed E-state index contributed by atoms with van der Waals surface area (Å²) < 4.78 is 25.0. The second kappa shape index (κ2) is 7.07. The number of nitrogens with zero attached hydrogens (tertiary/aromatic N) is 2. The molecule has 24 heavy (non-hydrogen) atoms. The van der Waals surface area contributed by atoms with E-state index in [0.29, 0.717) is 4.90 Å². The number of nitrogens with one attached hydrogen (secondary N) is 1. The highest BCUT2D eigenvalue weighted by atomic mass is 32.2. The fourth-order valence-corrected chi connectivity index (χ4v) is 3.64. The van der Waals surface area contributed by atoms with Crippen LogP contribution in [0.4, 0.5) is 0 Å². The van der Waals surface area contributed by atoms with Crippen LogP contribution in [0.1, 0.15) is 42.4 Å². The molecule has 0 spiro atoms. The summed E-state index contributed by atoms with van der Waals surface area (Å²) >= 11 is 0. The number of benzene rings is 1. The summed E-state index contributed by atoms with van der Waals surface area (Å²) in [6.07, 6.45) is 2.14. The molecule has 0 amide bonds. The fourth-order valence-electron chi connectivity index (χ4n) is 3.00. The van der Waals surface area contributed by atoms with E-state index < -0.39 is 9.84 Å². The Kier molecular flexibility index (Phi) is 5.50. The molecule has 132 valence electrons. The molecule has 0 aliphatic carbocycles. The fraction of sp³-hybridized carbons (Fsp3) is 0.500. The minimum Gasteiger partial charge on any atom is -0.307 e. The Hall–Kier alpha value is -1.66. The minimum absolute atomic E-state index is 0.144. The molecular formula is C18H27N3O2S. The summed E-state index contributed by atoms with van der Waals surface area (Å²) in [4.78, 5) is 0.355. The molecule has 2 rings (SSSR count). The Morgan fingerprint density at radius 1 is 1.17 bits per heavy atom. The lowest BCUT2D eigenvalue weighted by atomic mass is 10.0. The molecule has 0 bridgehead atoms. The van der Waals surface area contributed by atoms with Crippen molar-refractivity contribution in [3.63, 3.8) is 0 Å². The van der Waals surface area contributed by atoms with E-state index >= 15 is 0 Å². The van der Waals surface area contributed by atoms with Gasteiger partial charge in [-0.2, -0.15) is 5.10 Å². The van der Waals surface area contributed by atoms with E-state index in [9.17, 15) is 8.42 Å². The van der Waals surface area contributed by atoms with Gasteiger partial charge in [-0.1, -0.05) is 12.1 Å². The quantitative estimate of drug-likeness (QED) is 0.871. The first-order chi connectivity index (χ1) is 11.1. The Balaban J connectivity index is 2.04. The van der Waals surface area contributed by atoms with Gasteiger partial charge in [-0.05, 0) is 57.4 Å². The van der Waals surface area contributed by atoms with Crippen LogP contribution in [0.15, 0.2) is 29.2 Å². The van der Waals surface area contributed by atoms with Crippen molar-refractivity contribution in [3.05, 3.63) is 46.8 Å². The van der Waals surface area contributed by atoms with Gasteiger partial charge >= 0.3 is 0 Å².